The van der Waals surface area contributed by atoms with Gasteiger partial charge in [-0.05, 0) is 51.3 Å². The number of carbonyl (C=O) groups is 3. The SMILES string of the molecule is CC(C)(C)OC(=O)N[C@@H](C[C@H](Cc1ccc(OCCF)cc1)C(=O)O)C(=O)O. The second kappa shape index (κ2) is 10.5. The van der Waals surface area contributed by atoms with E-state index in [1.54, 1.807) is 45.0 Å². The molecule has 0 bridgehead atoms. The first-order chi connectivity index (χ1) is 13.0. The number of rotatable bonds is 10. The molecule has 1 aromatic rings. The summed E-state index contributed by atoms with van der Waals surface area (Å²) in [5.74, 6) is -3.14. The number of amides is 1. The molecule has 8 nitrogen and oxygen atoms in total. The molecule has 3 N–H and O–H groups in total. The van der Waals surface area contributed by atoms with Gasteiger partial charge in [-0.15, -0.1) is 0 Å². The van der Waals surface area contributed by atoms with Gasteiger partial charge in [-0.25, -0.2) is 14.0 Å². The largest absolute Gasteiger partial charge is 0.491 e. The van der Waals surface area contributed by atoms with Gasteiger partial charge in [0.15, 0.2) is 0 Å². The molecule has 2 atom stereocenters. The molecule has 0 spiro atoms. The maximum absolute atomic E-state index is 12.1. The van der Waals surface area contributed by atoms with E-state index in [1.165, 1.54) is 0 Å². The minimum atomic E-state index is -1.41. The Bertz CT molecular complexity index is 670. The number of ether oxygens (including phenoxy) is 2. The third kappa shape index (κ3) is 8.70. The molecule has 0 fully saturated rings. The van der Waals surface area contributed by atoms with Crippen molar-refractivity contribution in [3.8, 4) is 5.75 Å². The van der Waals surface area contributed by atoms with Gasteiger partial charge in [-0.1, -0.05) is 12.1 Å². The van der Waals surface area contributed by atoms with Crippen LogP contribution in [0.1, 0.15) is 32.8 Å². The minimum absolute atomic E-state index is 0.0541. The number of carboxylic acid groups (broad SMARTS) is 2. The lowest BCUT2D eigenvalue weighted by molar-refractivity contribution is -0.144. The van der Waals surface area contributed by atoms with E-state index in [-0.39, 0.29) is 19.4 Å². The molecular weight excluding hydrogens is 373 g/mol. The Kier molecular flexibility index (Phi) is 8.69. The van der Waals surface area contributed by atoms with E-state index in [2.05, 4.69) is 5.32 Å². The number of carboxylic acids is 2. The summed E-state index contributed by atoms with van der Waals surface area (Å²) in [6, 6.07) is 5.00. The van der Waals surface area contributed by atoms with E-state index in [0.717, 1.165) is 0 Å². The summed E-state index contributed by atoms with van der Waals surface area (Å²) in [6.45, 7) is 4.19. The summed E-state index contributed by atoms with van der Waals surface area (Å²) in [5.41, 5.74) is -0.174. The fourth-order valence-electron chi connectivity index (χ4n) is 2.39. The molecule has 0 unspecified atom stereocenters. The Morgan fingerprint density at radius 1 is 1.11 bits per heavy atom. The highest BCUT2D eigenvalue weighted by atomic mass is 19.1. The van der Waals surface area contributed by atoms with Crippen molar-refractivity contribution in [3.63, 3.8) is 0 Å². The maximum atomic E-state index is 12.1. The molecular formula is C19H26FNO7. The van der Waals surface area contributed by atoms with Crippen LogP contribution in [0.2, 0.25) is 0 Å². The Hall–Kier alpha value is -2.84. The normalized spacial score (nSPS) is 13.3. The molecule has 0 aliphatic carbocycles. The van der Waals surface area contributed by atoms with E-state index < -0.39 is 42.3 Å². The number of nitrogens with one attached hydrogen (secondary N) is 1. The molecule has 0 saturated carbocycles. The van der Waals surface area contributed by atoms with Crippen molar-refractivity contribution < 1.29 is 38.5 Å². The lowest BCUT2D eigenvalue weighted by atomic mass is 9.92. The third-order valence-corrected chi connectivity index (χ3v) is 3.61. The van der Waals surface area contributed by atoms with Crippen molar-refractivity contribution in [2.45, 2.75) is 45.3 Å². The third-order valence-electron chi connectivity index (χ3n) is 3.61. The molecule has 1 rings (SSSR count). The zero-order valence-electron chi connectivity index (χ0n) is 16.1. The highest BCUT2D eigenvalue weighted by Gasteiger charge is 2.30. The van der Waals surface area contributed by atoms with Crippen LogP contribution in [0.5, 0.6) is 5.75 Å². The lowest BCUT2D eigenvalue weighted by Gasteiger charge is -2.23. The van der Waals surface area contributed by atoms with Crippen molar-refractivity contribution in [3.05, 3.63) is 29.8 Å². The summed E-state index contributed by atoms with van der Waals surface area (Å²) in [7, 11) is 0. The zero-order valence-corrected chi connectivity index (χ0v) is 16.1. The predicted octanol–water partition coefficient (Wildman–Crippen LogP) is 2.65. The highest BCUT2D eigenvalue weighted by Crippen LogP contribution is 2.19. The molecule has 1 amide bonds. The van der Waals surface area contributed by atoms with Gasteiger partial charge in [-0.3, -0.25) is 4.79 Å². The van der Waals surface area contributed by atoms with Gasteiger partial charge < -0.3 is 25.0 Å². The number of alkyl carbamates (subject to hydrolysis) is 1. The van der Waals surface area contributed by atoms with E-state index in [1.807, 2.05) is 0 Å². The summed E-state index contributed by atoms with van der Waals surface area (Å²) in [5, 5.41) is 21.0. The average Bonchev–Trinajstić information content (AvgIpc) is 2.57. The molecule has 0 saturated heterocycles. The van der Waals surface area contributed by atoms with Crippen molar-refractivity contribution >= 4 is 18.0 Å². The van der Waals surface area contributed by atoms with Crippen LogP contribution < -0.4 is 10.1 Å². The van der Waals surface area contributed by atoms with Crippen LogP contribution in [0.4, 0.5) is 9.18 Å². The summed E-state index contributed by atoms with van der Waals surface area (Å²) in [6.07, 6.45) is -1.19. The monoisotopic (exact) mass is 399 g/mol. The Morgan fingerprint density at radius 2 is 1.71 bits per heavy atom. The Morgan fingerprint density at radius 3 is 2.18 bits per heavy atom. The minimum Gasteiger partial charge on any atom is -0.491 e. The molecule has 1 aromatic carbocycles. The van der Waals surface area contributed by atoms with Crippen LogP contribution in [0.15, 0.2) is 24.3 Å². The van der Waals surface area contributed by atoms with Gasteiger partial charge in [0, 0.05) is 0 Å². The molecule has 0 aliphatic heterocycles. The van der Waals surface area contributed by atoms with Gasteiger partial charge in [0.1, 0.15) is 30.7 Å². The van der Waals surface area contributed by atoms with Gasteiger partial charge in [0.2, 0.25) is 0 Å². The van der Waals surface area contributed by atoms with Gasteiger partial charge in [0.05, 0.1) is 5.92 Å². The molecule has 0 heterocycles. The molecule has 0 radical (unpaired) electrons. The second-order valence-electron chi connectivity index (χ2n) is 7.19. The Labute approximate surface area is 162 Å². The fourth-order valence-corrected chi connectivity index (χ4v) is 2.39. The van der Waals surface area contributed by atoms with Crippen molar-refractivity contribution in [2.75, 3.05) is 13.3 Å². The number of alkyl halides is 1. The Balaban J connectivity index is 2.78. The van der Waals surface area contributed by atoms with Crippen LogP contribution in [-0.4, -0.2) is 53.2 Å². The topological polar surface area (TPSA) is 122 Å². The lowest BCUT2D eigenvalue weighted by Crippen LogP contribution is -2.45. The van der Waals surface area contributed by atoms with Gasteiger partial charge >= 0.3 is 18.0 Å². The first-order valence-electron chi connectivity index (χ1n) is 8.74. The van der Waals surface area contributed by atoms with Crippen molar-refractivity contribution in [1.82, 2.24) is 5.32 Å². The van der Waals surface area contributed by atoms with Crippen LogP contribution in [-0.2, 0) is 20.7 Å². The maximum Gasteiger partial charge on any atom is 0.408 e. The number of aliphatic carboxylic acids is 2. The van der Waals surface area contributed by atoms with Gasteiger partial charge in [0.25, 0.3) is 0 Å². The first-order valence-corrected chi connectivity index (χ1v) is 8.74. The number of benzene rings is 1. The molecule has 0 aliphatic rings. The number of halogens is 1. The van der Waals surface area contributed by atoms with E-state index in [9.17, 15) is 29.0 Å². The standard InChI is InChI=1S/C19H26FNO7/c1-19(2,3)28-18(26)21-15(17(24)25)11-13(16(22)23)10-12-4-6-14(7-5-12)27-9-8-20/h4-7,13,15H,8-11H2,1-3H3,(H,21,26)(H,22,23)(H,24,25)/t13-,15-/m0/s1. The highest BCUT2D eigenvalue weighted by molar-refractivity contribution is 5.81. The van der Waals surface area contributed by atoms with E-state index in [4.69, 9.17) is 9.47 Å². The second-order valence-corrected chi connectivity index (χ2v) is 7.19. The summed E-state index contributed by atoms with van der Waals surface area (Å²) >= 11 is 0. The van der Waals surface area contributed by atoms with Crippen LogP contribution >= 0.6 is 0 Å². The molecule has 156 valence electrons. The van der Waals surface area contributed by atoms with Crippen LogP contribution in [0.25, 0.3) is 0 Å². The number of hydrogen-bond donors (Lipinski definition) is 3. The molecule has 28 heavy (non-hydrogen) atoms. The summed E-state index contributed by atoms with van der Waals surface area (Å²) in [4.78, 5) is 34.8. The van der Waals surface area contributed by atoms with E-state index >= 15 is 0 Å². The number of carbonyl (C=O) groups excluding carboxylic acids is 1. The smallest absolute Gasteiger partial charge is 0.408 e. The fraction of sp³-hybridized carbons (Fsp3) is 0.526. The van der Waals surface area contributed by atoms with Crippen molar-refractivity contribution in [2.24, 2.45) is 5.92 Å². The quantitative estimate of drug-likeness (QED) is 0.553. The molecule has 0 aromatic heterocycles. The van der Waals surface area contributed by atoms with Crippen LogP contribution in [0.3, 0.4) is 0 Å². The van der Waals surface area contributed by atoms with Crippen molar-refractivity contribution in [1.29, 1.82) is 0 Å². The predicted molar refractivity (Wildman–Crippen MR) is 98.2 cm³/mol. The average molecular weight is 399 g/mol. The first kappa shape index (κ1) is 23.2. The number of hydrogen-bond acceptors (Lipinski definition) is 5. The van der Waals surface area contributed by atoms with Crippen LogP contribution in [0, 0.1) is 5.92 Å². The zero-order chi connectivity index (χ0) is 21.3. The van der Waals surface area contributed by atoms with Gasteiger partial charge in [-0.2, -0.15) is 0 Å². The summed E-state index contributed by atoms with van der Waals surface area (Å²) < 4.78 is 22.2. The molecule has 9 heteroatoms. The van der Waals surface area contributed by atoms with E-state index in [0.29, 0.717) is 11.3 Å².